The van der Waals surface area contributed by atoms with Crippen LogP contribution in [-0.2, 0) is 9.53 Å². The number of likely N-dealkylation sites (N-methyl/N-ethyl adjacent to an activating group) is 1. The smallest absolute Gasteiger partial charge is 0.410 e. The van der Waals surface area contributed by atoms with Crippen molar-refractivity contribution in [3.8, 4) is 0 Å². The quantitative estimate of drug-likeness (QED) is 0.860. The van der Waals surface area contributed by atoms with Crippen LogP contribution in [0.15, 0.2) is 0 Å². The van der Waals surface area contributed by atoms with Crippen molar-refractivity contribution in [2.24, 2.45) is 0 Å². The van der Waals surface area contributed by atoms with Crippen LogP contribution in [0, 0.1) is 0 Å². The molecule has 0 aromatic carbocycles. The fraction of sp³-hybridized carbons (Fsp3) is 0.875. The summed E-state index contributed by atoms with van der Waals surface area (Å²) in [5.41, 5.74) is -0.454. The first kappa shape index (κ1) is 17.1. The van der Waals surface area contributed by atoms with Gasteiger partial charge in [-0.2, -0.15) is 0 Å². The maximum Gasteiger partial charge on any atom is 0.410 e. The number of piperidine rings is 1. The lowest BCUT2D eigenvalue weighted by Crippen LogP contribution is -2.51. The summed E-state index contributed by atoms with van der Waals surface area (Å²) in [6.07, 6.45) is 3.30. The Kier molecular flexibility index (Phi) is 5.32. The fourth-order valence-corrected chi connectivity index (χ4v) is 3.09. The van der Waals surface area contributed by atoms with Crippen molar-refractivity contribution >= 4 is 12.0 Å². The lowest BCUT2D eigenvalue weighted by atomic mass is 10.1. The van der Waals surface area contributed by atoms with Crippen LogP contribution in [0.5, 0.6) is 0 Å². The SMILES string of the molecule is CN1CC(NCC2CCCN2C(=O)OC(C)(C)C)CCC1=O. The number of carbonyl (C=O) groups is 2. The molecule has 0 aliphatic carbocycles. The predicted molar refractivity (Wildman–Crippen MR) is 84.6 cm³/mol. The van der Waals surface area contributed by atoms with Gasteiger partial charge < -0.3 is 19.9 Å². The molecule has 2 aliphatic rings. The Morgan fingerprint density at radius 2 is 2.09 bits per heavy atom. The molecule has 2 unspecified atom stereocenters. The van der Waals surface area contributed by atoms with Crippen molar-refractivity contribution in [1.82, 2.24) is 15.1 Å². The molecule has 6 heteroatoms. The van der Waals surface area contributed by atoms with Crippen LogP contribution < -0.4 is 5.32 Å². The molecule has 2 aliphatic heterocycles. The maximum atomic E-state index is 12.2. The van der Waals surface area contributed by atoms with Gasteiger partial charge >= 0.3 is 6.09 Å². The topological polar surface area (TPSA) is 61.9 Å². The van der Waals surface area contributed by atoms with Gasteiger partial charge in [-0.1, -0.05) is 0 Å². The molecule has 126 valence electrons. The van der Waals surface area contributed by atoms with E-state index in [4.69, 9.17) is 4.74 Å². The van der Waals surface area contributed by atoms with Gasteiger partial charge in [0.15, 0.2) is 0 Å². The zero-order valence-electron chi connectivity index (χ0n) is 14.2. The van der Waals surface area contributed by atoms with Crippen LogP contribution in [0.2, 0.25) is 0 Å². The van der Waals surface area contributed by atoms with Crippen molar-refractivity contribution < 1.29 is 14.3 Å². The lowest BCUT2D eigenvalue weighted by molar-refractivity contribution is -0.132. The van der Waals surface area contributed by atoms with Gasteiger partial charge in [-0.15, -0.1) is 0 Å². The Labute approximate surface area is 133 Å². The van der Waals surface area contributed by atoms with Crippen molar-refractivity contribution in [3.05, 3.63) is 0 Å². The molecule has 6 nitrogen and oxygen atoms in total. The Hall–Kier alpha value is -1.30. The van der Waals surface area contributed by atoms with Gasteiger partial charge in [-0.05, 0) is 40.0 Å². The molecule has 0 radical (unpaired) electrons. The van der Waals surface area contributed by atoms with Gasteiger partial charge in [0, 0.05) is 45.2 Å². The first-order chi connectivity index (χ1) is 10.3. The van der Waals surface area contributed by atoms with E-state index in [1.807, 2.05) is 32.7 Å². The normalized spacial score (nSPS) is 26.5. The zero-order valence-corrected chi connectivity index (χ0v) is 14.2. The van der Waals surface area contributed by atoms with E-state index in [0.29, 0.717) is 12.5 Å². The van der Waals surface area contributed by atoms with E-state index < -0.39 is 5.60 Å². The minimum atomic E-state index is -0.454. The number of amides is 2. The van der Waals surface area contributed by atoms with Gasteiger partial charge in [0.2, 0.25) is 5.91 Å². The number of rotatable bonds is 3. The first-order valence-corrected chi connectivity index (χ1v) is 8.23. The third kappa shape index (κ3) is 4.60. The highest BCUT2D eigenvalue weighted by molar-refractivity contribution is 5.76. The van der Waals surface area contributed by atoms with E-state index in [-0.39, 0.29) is 18.0 Å². The lowest BCUT2D eigenvalue weighted by Gasteiger charge is -2.33. The van der Waals surface area contributed by atoms with E-state index in [2.05, 4.69) is 5.32 Å². The molecule has 2 atom stereocenters. The monoisotopic (exact) mass is 311 g/mol. The molecule has 2 saturated heterocycles. The van der Waals surface area contributed by atoms with Gasteiger partial charge in [-0.3, -0.25) is 4.79 Å². The van der Waals surface area contributed by atoms with E-state index in [9.17, 15) is 9.59 Å². The number of nitrogens with one attached hydrogen (secondary N) is 1. The summed E-state index contributed by atoms with van der Waals surface area (Å²) in [4.78, 5) is 27.4. The first-order valence-electron chi connectivity index (χ1n) is 8.23. The van der Waals surface area contributed by atoms with Gasteiger partial charge in [0.05, 0.1) is 0 Å². The molecule has 0 bridgehead atoms. The van der Waals surface area contributed by atoms with Crippen molar-refractivity contribution in [2.45, 2.75) is 64.1 Å². The number of carbonyl (C=O) groups excluding carboxylic acids is 2. The minimum absolute atomic E-state index is 0.192. The molecule has 0 saturated carbocycles. The highest BCUT2D eigenvalue weighted by Crippen LogP contribution is 2.21. The molecule has 2 heterocycles. The highest BCUT2D eigenvalue weighted by atomic mass is 16.6. The minimum Gasteiger partial charge on any atom is -0.444 e. The molecule has 22 heavy (non-hydrogen) atoms. The molecule has 2 amide bonds. The van der Waals surface area contributed by atoms with E-state index in [1.54, 1.807) is 4.90 Å². The van der Waals surface area contributed by atoms with Crippen molar-refractivity contribution in [1.29, 1.82) is 0 Å². The van der Waals surface area contributed by atoms with E-state index >= 15 is 0 Å². The third-order valence-corrected chi connectivity index (χ3v) is 4.27. The molecule has 0 aromatic rings. The fourth-order valence-electron chi connectivity index (χ4n) is 3.09. The summed E-state index contributed by atoms with van der Waals surface area (Å²) in [5, 5.41) is 3.52. The Bertz CT molecular complexity index is 419. The van der Waals surface area contributed by atoms with E-state index in [0.717, 1.165) is 38.9 Å². The Balaban J connectivity index is 1.81. The third-order valence-electron chi connectivity index (χ3n) is 4.27. The number of ether oxygens (including phenoxy) is 1. The average Bonchev–Trinajstić information content (AvgIpc) is 2.87. The molecule has 0 aromatic heterocycles. The molecule has 2 rings (SSSR count). The molecule has 0 spiro atoms. The summed E-state index contributed by atoms with van der Waals surface area (Å²) in [7, 11) is 1.85. The standard InChI is InChI=1S/C16H29N3O3/c1-16(2,3)22-15(21)19-9-5-6-13(19)10-17-12-7-8-14(20)18(4)11-12/h12-13,17H,5-11H2,1-4H3. The summed E-state index contributed by atoms with van der Waals surface area (Å²) in [6, 6.07) is 0.515. The second kappa shape index (κ2) is 6.86. The second-order valence-corrected chi connectivity index (χ2v) is 7.39. The van der Waals surface area contributed by atoms with Crippen LogP contribution in [0.4, 0.5) is 4.79 Å². The summed E-state index contributed by atoms with van der Waals surface area (Å²) in [5.74, 6) is 0.217. The Morgan fingerprint density at radius 1 is 1.36 bits per heavy atom. The van der Waals surface area contributed by atoms with Crippen molar-refractivity contribution in [2.75, 3.05) is 26.7 Å². The second-order valence-electron chi connectivity index (χ2n) is 7.39. The highest BCUT2D eigenvalue weighted by Gasteiger charge is 2.32. The zero-order chi connectivity index (χ0) is 16.3. The van der Waals surface area contributed by atoms with Crippen molar-refractivity contribution in [3.63, 3.8) is 0 Å². The van der Waals surface area contributed by atoms with Gasteiger partial charge in [-0.25, -0.2) is 4.79 Å². The molecular formula is C16H29N3O3. The Morgan fingerprint density at radius 3 is 2.73 bits per heavy atom. The summed E-state index contributed by atoms with van der Waals surface area (Å²) >= 11 is 0. The largest absolute Gasteiger partial charge is 0.444 e. The summed E-state index contributed by atoms with van der Waals surface area (Å²) < 4.78 is 5.48. The van der Waals surface area contributed by atoms with Crippen LogP contribution >= 0.6 is 0 Å². The predicted octanol–water partition coefficient (Wildman–Crippen LogP) is 1.60. The van der Waals surface area contributed by atoms with Crippen LogP contribution in [-0.4, -0.2) is 66.2 Å². The van der Waals surface area contributed by atoms with E-state index in [1.165, 1.54) is 0 Å². The average molecular weight is 311 g/mol. The van der Waals surface area contributed by atoms with Gasteiger partial charge in [0.1, 0.15) is 5.60 Å². The summed E-state index contributed by atoms with van der Waals surface area (Å²) in [6.45, 7) is 7.96. The van der Waals surface area contributed by atoms with Crippen LogP contribution in [0.25, 0.3) is 0 Å². The number of hydrogen-bond donors (Lipinski definition) is 1. The van der Waals surface area contributed by atoms with Crippen LogP contribution in [0.3, 0.4) is 0 Å². The number of hydrogen-bond acceptors (Lipinski definition) is 4. The molecule has 1 N–H and O–H groups in total. The molecular weight excluding hydrogens is 282 g/mol. The molecule has 2 fully saturated rings. The number of nitrogens with zero attached hydrogens (tertiary/aromatic N) is 2. The number of likely N-dealkylation sites (tertiary alicyclic amines) is 2. The van der Waals surface area contributed by atoms with Crippen LogP contribution in [0.1, 0.15) is 46.5 Å². The maximum absolute atomic E-state index is 12.2. The van der Waals surface area contributed by atoms with Gasteiger partial charge in [0.25, 0.3) is 0 Å².